The van der Waals surface area contributed by atoms with Gasteiger partial charge in [-0.2, -0.15) is 0 Å². The summed E-state index contributed by atoms with van der Waals surface area (Å²) in [6.45, 7) is 4.56. The molecule has 2 saturated heterocycles. The zero-order valence-electron chi connectivity index (χ0n) is 18.8. The number of anilines is 2. The van der Waals surface area contributed by atoms with E-state index in [4.69, 9.17) is 9.47 Å². The van der Waals surface area contributed by atoms with Gasteiger partial charge >= 0.3 is 6.03 Å². The summed E-state index contributed by atoms with van der Waals surface area (Å²) in [6, 6.07) is 11.6. The Morgan fingerprint density at radius 3 is 2.33 bits per heavy atom. The molecule has 1 N–H and O–H groups in total. The first kappa shape index (κ1) is 22.4. The number of benzene rings is 2. The summed E-state index contributed by atoms with van der Waals surface area (Å²) in [5.74, 6) is -0.518. The molecule has 172 valence electrons. The largest absolute Gasteiger partial charge is 0.493 e. The van der Waals surface area contributed by atoms with Crippen LogP contribution in [0.3, 0.4) is 0 Å². The number of imide groups is 2. The second-order valence-corrected chi connectivity index (χ2v) is 7.93. The maximum absolute atomic E-state index is 13.2. The number of hydrogen-bond acceptors (Lipinski definition) is 6. The summed E-state index contributed by atoms with van der Waals surface area (Å²) in [7, 11) is 1.48. The molecule has 0 unspecified atom stereocenters. The van der Waals surface area contributed by atoms with Crippen molar-refractivity contribution >= 4 is 35.3 Å². The number of amides is 4. The van der Waals surface area contributed by atoms with Crippen LogP contribution in [-0.4, -0.2) is 44.7 Å². The molecule has 2 fully saturated rings. The van der Waals surface area contributed by atoms with Gasteiger partial charge < -0.3 is 14.4 Å². The van der Waals surface area contributed by atoms with E-state index in [1.165, 1.54) is 26.0 Å². The fraction of sp³-hybridized carbons (Fsp3) is 0.320. The van der Waals surface area contributed by atoms with Crippen molar-refractivity contribution in [1.29, 1.82) is 0 Å². The molecular formula is C25H27N3O5. The van der Waals surface area contributed by atoms with E-state index < -0.39 is 17.8 Å². The Labute approximate surface area is 192 Å². The zero-order valence-corrected chi connectivity index (χ0v) is 18.8. The SMILES string of the molecule is CCCOc1ccc(N2C(=O)NC(=O)/C(=C\c3ccc(N4CCCC4)cc3)C2=O)cc1OC. The van der Waals surface area contributed by atoms with Gasteiger partial charge in [-0.25, -0.2) is 9.69 Å². The molecule has 0 bridgehead atoms. The molecule has 0 saturated carbocycles. The van der Waals surface area contributed by atoms with Crippen molar-refractivity contribution in [2.75, 3.05) is 36.6 Å². The smallest absolute Gasteiger partial charge is 0.335 e. The Kier molecular flexibility index (Phi) is 6.63. The van der Waals surface area contributed by atoms with Crippen LogP contribution in [0.15, 0.2) is 48.0 Å². The molecule has 0 spiro atoms. The van der Waals surface area contributed by atoms with Gasteiger partial charge in [0.1, 0.15) is 5.57 Å². The van der Waals surface area contributed by atoms with Gasteiger partial charge in [0.25, 0.3) is 11.8 Å². The molecule has 8 nitrogen and oxygen atoms in total. The first-order valence-electron chi connectivity index (χ1n) is 11.1. The topological polar surface area (TPSA) is 88.2 Å². The second kappa shape index (κ2) is 9.77. The lowest BCUT2D eigenvalue weighted by Crippen LogP contribution is -2.54. The van der Waals surface area contributed by atoms with Crippen LogP contribution < -0.4 is 24.6 Å². The Morgan fingerprint density at radius 2 is 1.67 bits per heavy atom. The number of carbonyl (C=O) groups excluding carboxylic acids is 3. The molecule has 4 rings (SSSR count). The van der Waals surface area contributed by atoms with Crippen LogP contribution in [0.5, 0.6) is 11.5 Å². The minimum atomic E-state index is -0.809. The molecule has 0 atom stereocenters. The van der Waals surface area contributed by atoms with Gasteiger partial charge in [-0.1, -0.05) is 19.1 Å². The first-order chi connectivity index (χ1) is 16.0. The van der Waals surface area contributed by atoms with E-state index in [1.807, 2.05) is 31.2 Å². The van der Waals surface area contributed by atoms with Crippen molar-refractivity contribution in [2.45, 2.75) is 26.2 Å². The third-order valence-electron chi connectivity index (χ3n) is 5.64. The van der Waals surface area contributed by atoms with E-state index in [1.54, 1.807) is 18.2 Å². The molecular weight excluding hydrogens is 422 g/mol. The highest BCUT2D eigenvalue weighted by Gasteiger charge is 2.37. The minimum absolute atomic E-state index is 0.117. The number of nitrogens with one attached hydrogen (secondary N) is 1. The highest BCUT2D eigenvalue weighted by molar-refractivity contribution is 6.39. The lowest BCUT2D eigenvalue weighted by molar-refractivity contribution is -0.122. The summed E-state index contributed by atoms with van der Waals surface area (Å²) in [4.78, 5) is 41.4. The molecule has 0 radical (unpaired) electrons. The minimum Gasteiger partial charge on any atom is -0.493 e. The highest BCUT2D eigenvalue weighted by Crippen LogP contribution is 2.33. The van der Waals surface area contributed by atoms with Gasteiger partial charge in [0.2, 0.25) is 0 Å². The number of nitrogens with zero attached hydrogens (tertiary/aromatic N) is 2. The van der Waals surface area contributed by atoms with E-state index in [2.05, 4.69) is 10.2 Å². The summed E-state index contributed by atoms with van der Waals surface area (Å²) < 4.78 is 11.0. The third-order valence-corrected chi connectivity index (χ3v) is 5.64. The molecule has 2 aromatic rings. The maximum atomic E-state index is 13.2. The van der Waals surface area contributed by atoms with Gasteiger partial charge in [-0.15, -0.1) is 0 Å². The van der Waals surface area contributed by atoms with Crippen molar-refractivity contribution in [3.05, 3.63) is 53.6 Å². The Morgan fingerprint density at radius 1 is 0.970 bits per heavy atom. The first-order valence-corrected chi connectivity index (χ1v) is 11.1. The van der Waals surface area contributed by atoms with Crippen LogP contribution >= 0.6 is 0 Å². The monoisotopic (exact) mass is 449 g/mol. The molecule has 8 heteroatoms. The van der Waals surface area contributed by atoms with E-state index in [-0.39, 0.29) is 11.3 Å². The normalized spacial score (nSPS) is 17.5. The van der Waals surface area contributed by atoms with E-state index in [0.29, 0.717) is 23.7 Å². The molecule has 0 aromatic heterocycles. The number of carbonyl (C=O) groups is 3. The van der Waals surface area contributed by atoms with Crippen LogP contribution in [0.1, 0.15) is 31.7 Å². The van der Waals surface area contributed by atoms with Crippen LogP contribution in [-0.2, 0) is 9.59 Å². The van der Waals surface area contributed by atoms with Crippen LogP contribution in [0, 0.1) is 0 Å². The number of barbiturate groups is 1. The second-order valence-electron chi connectivity index (χ2n) is 7.93. The molecule has 2 heterocycles. The average molecular weight is 450 g/mol. The average Bonchev–Trinajstić information content (AvgIpc) is 3.36. The summed E-state index contributed by atoms with van der Waals surface area (Å²) in [5, 5.41) is 2.25. The Balaban J connectivity index is 1.60. The third kappa shape index (κ3) is 4.69. The number of rotatable bonds is 7. The Hall–Kier alpha value is -3.81. The van der Waals surface area contributed by atoms with Crippen molar-refractivity contribution in [3.8, 4) is 11.5 Å². The summed E-state index contributed by atoms with van der Waals surface area (Å²) in [6.07, 6.45) is 4.69. The van der Waals surface area contributed by atoms with Gasteiger partial charge in [0, 0.05) is 24.8 Å². The molecule has 0 aliphatic carbocycles. The summed E-state index contributed by atoms with van der Waals surface area (Å²) >= 11 is 0. The highest BCUT2D eigenvalue weighted by atomic mass is 16.5. The van der Waals surface area contributed by atoms with E-state index >= 15 is 0 Å². The van der Waals surface area contributed by atoms with Gasteiger partial charge in [-0.3, -0.25) is 14.9 Å². The lowest BCUT2D eigenvalue weighted by atomic mass is 10.1. The maximum Gasteiger partial charge on any atom is 0.335 e. The molecule has 2 aliphatic heterocycles. The quantitative estimate of drug-likeness (QED) is 0.512. The van der Waals surface area contributed by atoms with Crippen molar-refractivity contribution in [3.63, 3.8) is 0 Å². The van der Waals surface area contributed by atoms with Crippen molar-refractivity contribution in [2.24, 2.45) is 0 Å². The number of urea groups is 1. The van der Waals surface area contributed by atoms with Gasteiger partial charge in [-0.05, 0) is 55.2 Å². The predicted octanol–water partition coefficient (Wildman–Crippen LogP) is 3.75. The number of ether oxygens (including phenoxy) is 2. The fourth-order valence-electron chi connectivity index (χ4n) is 3.94. The van der Waals surface area contributed by atoms with Gasteiger partial charge in [0.15, 0.2) is 11.5 Å². The van der Waals surface area contributed by atoms with Crippen molar-refractivity contribution < 1.29 is 23.9 Å². The number of hydrogen-bond donors (Lipinski definition) is 1. The molecule has 2 aliphatic rings. The van der Waals surface area contributed by atoms with Crippen LogP contribution in [0.25, 0.3) is 6.08 Å². The van der Waals surface area contributed by atoms with E-state index in [0.717, 1.165) is 30.1 Å². The number of methoxy groups -OCH3 is 1. The standard InChI is InChI=1S/C25H27N3O5/c1-3-14-33-21-11-10-19(16-22(21)32-2)28-24(30)20(23(29)26-25(28)31)15-17-6-8-18(9-7-17)27-12-4-5-13-27/h6-11,15-16H,3-5,12-14H2,1-2H3,(H,26,29,31)/b20-15+. The van der Waals surface area contributed by atoms with E-state index in [9.17, 15) is 14.4 Å². The van der Waals surface area contributed by atoms with Crippen LogP contribution in [0.4, 0.5) is 16.2 Å². The molecule has 4 amide bonds. The lowest BCUT2D eigenvalue weighted by Gasteiger charge is -2.27. The van der Waals surface area contributed by atoms with Crippen molar-refractivity contribution in [1.82, 2.24) is 5.32 Å². The Bertz CT molecular complexity index is 1090. The predicted molar refractivity (Wildman–Crippen MR) is 126 cm³/mol. The van der Waals surface area contributed by atoms with Gasteiger partial charge in [0.05, 0.1) is 19.4 Å². The fourth-order valence-corrected chi connectivity index (χ4v) is 3.94. The zero-order chi connectivity index (χ0) is 23.4. The molecule has 2 aromatic carbocycles. The van der Waals surface area contributed by atoms with Crippen LogP contribution in [0.2, 0.25) is 0 Å². The molecule has 33 heavy (non-hydrogen) atoms. The summed E-state index contributed by atoms with van der Waals surface area (Å²) in [5.41, 5.74) is 1.98.